The van der Waals surface area contributed by atoms with Gasteiger partial charge in [0.05, 0.1) is 9.80 Å². The van der Waals surface area contributed by atoms with Crippen molar-refractivity contribution in [2.45, 2.75) is 38.0 Å². The van der Waals surface area contributed by atoms with Gasteiger partial charge in [-0.25, -0.2) is 8.42 Å². The fourth-order valence-electron chi connectivity index (χ4n) is 3.07. The number of nitrogens with zero attached hydrogens (tertiary/aromatic N) is 1. The highest BCUT2D eigenvalue weighted by atomic mass is 32.2. The summed E-state index contributed by atoms with van der Waals surface area (Å²) in [5.41, 5.74) is 2.92. The Hall–Kier alpha value is -2.07. The van der Waals surface area contributed by atoms with E-state index >= 15 is 0 Å². The summed E-state index contributed by atoms with van der Waals surface area (Å²) in [5, 5.41) is 0. The average molecular weight is 356 g/mol. The molecule has 0 radical (unpaired) electrons. The number of benzene rings is 2. The van der Waals surface area contributed by atoms with Crippen LogP contribution < -0.4 is 0 Å². The zero-order valence-corrected chi connectivity index (χ0v) is 15.7. The van der Waals surface area contributed by atoms with Gasteiger partial charge in [-0.1, -0.05) is 47.5 Å². The third kappa shape index (κ3) is 4.13. The molecule has 1 aliphatic heterocycles. The van der Waals surface area contributed by atoms with Gasteiger partial charge < -0.3 is 4.90 Å². The molecule has 1 saturated heterocycles. The summed E-state index contributed by atoms with van der Waals surface area (Å²) < 4.78 is 26.6. The first-order valence-electron chi connectivity index (χ1n) is 8.81. The smallest absolute Gasteiger partial charge is 0.208 e. The van der Waals surface area contributed by atoms with Gasteiger partial charge in [0.2, 0.25) is 9.84 Å². The minimum Gasteiger partial charge on any atom is -0.376 e. The molecule has 0 spiro atoms. The fourth-order valence-corrected chi connectivity index (χ4v) is 4.56. The van der Waals surface area contributed by atoms with Crippen molar-refractivity contribution in [1.29, 1.82) is 0 Å². The van der Waals surface area contributed by atoms with E-state index in [1.54, 1.807) is 12.1 Å². The lowest BCUT2D eigenvalue weighted by Crippen LogP contribution is -2.25. The summed E-state index contributed by atoms with van der Waals surface area (Å²) in [4.78, 5) is 2.88. The molecule has 2 aromatic rings. The van der Waals surface area contributed by atoms with Crippen LogP contribution in [0.25, 0.3) is 4.91 Å². The van der Waals surface area contributed by atoms with Gasteiger partial charge in [-0.15, -0.1) is 0 Å². The highest BCUT2D eigenvalue weighted by Crippen LogP contribution is 2.29. The fraction of sp³-hybridized carbons (Fsp3) is 0.333. The van der Waals surface area contributed by atoms with Crippen molar-refractivity contribution < 1.29 is 8.42 Å². The molecule has 1 heterocycles. The molecule has 0 amide bonds. The standard InChI is InChI=1S/C21H25NO2S/c1-17-6-10-19(11-7-17)21(16-22-14-4-3-5-15-22)25(23,24)20-12-8-18(2)9-13-20/h6-13,16H,3-5,14-15H2,1-2H3/b21-16+. The Bertz CT molecular complexity index is 844. The summed E-state index contributed by atoms with van der Waals surface area (Å²) in [6.07, 6.45) is 5.29. The van der Waals surface area contributed by atoms with E-state index in [4.69, 9.17) is 0 Å². The van der Waals surface area contributed by atoms with Gasteiger partial charge in [0, 0.05) is 19.3 Å². The van der Waals surface area contributed by atoms with Gasteiger partial charge in [0.25, 0.3) is 0 Å². The van der Waals surface area contributed by atoms with Crippen LogP contribution in [0.15, 0.2) is 59.6 Å². The first-order valence-corrected chi connectivity index (χ1v) is 10.3. The number of hydrogen-bond donors (Lipinski definition) is 0. The molecule has 25 heavy (non-hydrogen) atoms. The van der Waals surface area contributed by atoms with E-state index in [1.165, 1.54) is 6.42 Å². The van der Waals surface area contributed by atoms with Crippen molar-refractivity contribution in [3.8, 4) is 0 Å². The Morgan fingerprint density at radius 2 is 1.36 bits per heavy atom. The van der Waals surface area contributed by atoms with E-state index in [0.717, 1.165) is 42.6 Å². The molecule has 3 nitrogen and oxygen atoms in total. The van der Waals surface area contributed by atoms with Crippen LogP contribution in [-0.2, 0) is 9.84 Å². The van der Waals surface area contributed by atoms with Crippen molar-refractivity contribution in [1.82, 2.24) is 4.90 Å². The lowest BCUT2D eigenvalue weighted by Gasteiger charge is -2.26. The largest absolute Gasteiger partial charge is 0.376 e. The maximum Gasteiger partial charge on any atom is 0.208 e. The Labute approximate surface area is 150 Å². The summed E-state index contributed by atoms with van der Waals surface area (Å²) in [5.74, 6) is 0. The third-order valence-corrected chi connectivity index (χ3v) is 6.46. The van der Waals surface area contributed by atoms with Crippen LogP contribution in [-0.4, -0.2) is 26.4 Å². The summed E-state index contributed by atoms with van der Waals surface area (Å²) in [6.45, 7) is 5.80. The van der Waals surface area contributed by atoms with Crippen LogP contribution >= 0.6 is 0 Å². The molecule has 0 aromatic heterocycles. The molecule has 0 atom stereocenters. The molecule has 3 rings (SSSR count). The topological polar surface area (TPSA) is 37.4 Å². The second-order valence-electron chi connectivity index (χ2n) is 6.77. The van der Waals surface area contributed by atoms with Gasteiger partial charge in [-0.3, -0.25) is 0 Å². The molecule has 132 valence electrons. The predicted octanol–water partition coefficient (Wildman–Crippen LogP) is 4.56. The molecule has 4 heteroatoms. The van der Waals surface area contributed by atoms with Crippen LogP contribution in [0.1, 0.15) is 36.0 Å². The zero-order valence-electron chi connectivity index (χ0n) is 14.9. The Morgan fingerprint density at radius 1 is 0.840 bits per heavy atom. The number of rotatable bonds is 4. The lowest BCUT2D eigenvalue weighted by molar-refractivity contribution is 0.311. The van der Waals surface area contributed by atoms with Crippen molar-refractivity contribution in [2.24, 2.45) is 0 Å². The normalized spacial score (nSPS) is 16.1. The van der Waals surface area contributed by atoms with E-state index in [2.05, 4.69) is 4.90 Å². The first kappa shape index (κ1) is 17.7. The van der Waals surface area contributed by atoms with Crippen LogP contribution in [0.3, 0.4) is 0 Å². The van der Waals surface area contributed by atoms with Gasteiger partial charge in [0.1, 0.15) is 0 Å². The maximum absolute atomic E-state index is 13.3. The third-order valence-electron chi connectivity index (χ3n) is 4.65. The number of aryl methyl sites for hydroxylation is 2. The molecule has 1 fully saturated rings. The van der Waals surface area contributed by atoms with Crippen LogP contribution in [0.5, 0.6) is 0 Å². The number of likely N-dealkylation sites (tertiary alicyclic amines) is 1. The zero-order chi connectivity index (χ0) is 17.9. The molecule has 2 aromatic carbocycles. The lowest BCUT2D eigenvalue weighted by atomic mass is 10.1. The van der Waals surface area contributed by atoms with E-state index in [9.17, 15) is 8.42 Å². The molecule has 0 bridgehead atoms. The Balaban J connectivity index is 2.07. The van der Waals surface area contributed by atoms with E-state index < -0.39 is 9.84 Å². The van der Waals surface area contributed by atoms with Crippen LogP contribution in [0.4, 0.5) is 0 Å². The molecule has 1 aliphatic rings. The maximum atomic E-state index is 13.3. The van der Waals surface area contributed by atoms with Gasteiger partial charge >= 0.3 is 0 Å². The highest BCUT2D eigenvalue weighted by Gasteiger charge is 2.24. The van der Waals surface area contributed by atoms with E-state index in [0.29, 0.717) is 9.80 Å². The van der Waals surface area contributed by atoms with Crippen LogP contribution in [0.2, 0.25) is 0 Å². The van der Waals surface area contributed by atoms with Crippen LogP contribution in [0, 0.1) is 13.8 Å². The molecule has 0 N–H and O–H groups in total. The summed E-state index contributed by atoms with van der Waals surface area (Å²) in [7, 11) is -3.56. The van der Waals surface area contributed by atoms with Gasteiger partial charge in [-0.05, 0) is 50.8 Å². The summed E-state index contributed by atoms with van der Waals surface area (Å²) >= 11 is 0. The van der Waals surface area contributed by atoms with Gasteiger partial charge in [0.15, 0.2) is 0 Å². The van der Waals surface area contributed by atoms with Gasteiger partial charge in [-0.2, -0.15) is 0 Å². The highest BCUT2D eigenvalue weighted by molar-refractivity contribution is 8.00. The van der Waals surface area contributed by atoms with Crippen molar-refractivity contribution in [2.75, 3.05) is 13.1 Å². The monoisotopic (exact) mass is 355 g/mol. The quantitative estimate of drug-likeness (QED) is 0.807. The number of sulfone groups is 1. The van der Waals surface area contributed by atoms with Crippen molar-refractivity contribution in [3.05, 3.63) is 71.4 Å². The number of piperidine rings is 1. The molecular formula is C21H25NO2S. The van der Waals surface area contributed by atoms with Crippen molar-refractivity contribution in [3.63, 3.8) is 0 Å². The minimum absolute atomic E-state index is 0.349. The first-order chi connectivity index (χ1) is 12.0. The Kier molecular flexibility index (Phi) is 5.28. The molecule has 0 saturated carbocycles. The average Bonchev–Trinajstić information content (AvgIpc) is 2.62. The van der Waals surface area contributed by atoms with E-state index in [-0.39, 0.29) is 0 Å². The molecule has 0 aliphatic carbocycles. The van der Waals surface area contributed by atoms with Crippen molar-refractivity contribution >= 4 is 14.7 Å². The molecular weight excluding hydrogens is 330 g/mol. The summed E-state index contributed by atoms with van der Waals surface area (Å²) in [6, 6.07) is 14.8. The van der Waals surface area contributed by atoms with E-state index in [1.807, 2.05) is 56.4 Å². The predicted molar refractivity (Wildman–Crippen MR) is 103 cm³/mol. The minimum atomic E-state index is -3.56. The second-order valence-corrected chi connectivity index (χ2v) is 8.69. The SMILES string of the molecule is Cc1ccc(/C(=C\N2CCCCC2)S(=O)(=O)c2ccc(C)cc2)cc1. The number of hydrogen-bond acceptors (Lipinski definition) is 3. The molecule has 0 unspecified atom stereocenters. The second kappa shape index (κ2) is 7.44. The Morgan fingerprint density at radius 3 is 1.92 bits per heavy atom.